The normalized spacial score (nSPS) is 21.1. The summed E-state index contributed by atoms with van der Waals surface area (Å²) in [6.45, 7) is 0. The van der Waals surface area contributed by atoms with Crippen LogP contribution in [0.4, 0.5) is 0 Å². The van der Waals surface area contributed by atoms with Crippen LogP contribution >= 0.6 is 0 Å². The third kappa shape index (κ3) is 1.64. The molecule has 1 aliphatic rings. The summed E-state index contributed by atoms with van der Waals surface area (Å²) in [5, 5.41) is 0. The fraction of sp³-hybridized carbons (Fsp3) is 0.444. The molecule has 0 aliphatic heterocycles. The van der Waals surface area contributed by atoms with E-state index in [1.165, 1.54) is 0 Å². The van der Waals surface area contributed by atoms with Crippen LogP contribution < -0.4 is 5.73 Å². The molecule has 0 spiro atoms. The first kappa shape index (κ1) is 8.84. The van der Waals surface area contributed by atoms with Crippen LogP contribution in [0.1, 0.15) is 18.5 Å². The molecule has 1 aromatic rings. The molecular weight excluding hydrogens is 184 g/mol. The fourth-order valence-corrected chi connectivity index (χ4v) is 1.70. The van der Waals surface area contributed by atoms with E-state index >= 15 is 0 Å². The Morgan fingerprint density at radius 1 is 1.54 bits per heavy atom. The predicted molar refractivity (Wildman–Crippen MR) is 51.7 cm³/mol. The Bertz CT molecular complexity index is 343. The van der Waals surface area contributed by atoms with E-state index in [0.29, 0.717) is 0 Å². The topological polar surface area (TPSA) is 56.0 Å². The Labute approximate surface area is 79.8 Å². The number of nitrogens with two attached hydrogens (primary N) is 1. The van der Waals surface area contributed by atoms with E-state index < -0.39 is 10.8 Å². The summed E-state index contributed by atoms with van der Waals surface area (Å²) in [5.74, 6) is 0. The van der Waals surface area contributed by atoms with Crippen LogP contribution in [0.2, 0.25) is 0 Å². The van der Waals surface area contributed by atoms with Gasteiger partial charge in [-0.2, -0.15) is 0 Å². The van der Waals surface area contributed by atoms with Gasteiger partial charge < -0.3 is 5.73 Å². The maximum atomic E-state index is 11.1. The second kappa shape index (κ2) is 2.89. The zero-order valence-electron chi connectivity index (χ0n) is 7.49. The van der Waals surface area contributed by atoms with Crippen LogP contribution in [0.15, 0.2) is 23.2 Å². The average Bonchev–Trinajstić information content (AvgIpc) is 2.85. The van der Waals surface area contributed by atoms with Gasteiger partial charge in [0.15, 0.2) is 0 Å². The summed E-state index contributed by atoms with van der Waals surface area (Å²) >= 11 is 0. The van der Waals surface area contributed by atoms with Crippen LogP contribution in [0.3, 0.4) is 0 Å². The lowest BCUT2D eigenvalue weighted by atomic mass is 10.2. The number of hydrogen-bond donors (Lipinski definition) is 1. The monoisotopic (exact) mass is 196 g/mol. The van der Waals surface area contributed by atoms with Crippen molar-refractivity contribution in [3.63, 3.8) is 0 Å². The van der Waals surface area contributed by atoms with Crippen molar-refractivity contribution in [2.75, 3.05) is 6.26 Å². The van der Waals surface area contributed by atoms with Gasteiger partial charge in [-0.1, -0.05) is 0 Å². The molecule has 0 bridgehead atoms. The molecule has 4 heteroatoms. The zero-order valence-corrected chi connectivity index (χ0v) is 8.30. The smallest absolute Gasteiger partial charge is 0.0603 e. The van der Waals surface area contributed by atoms with Crippen LogP contribution in [-0.4, -0.2) is 15.4 Å². The van der Waals surface area contributed by atoms with Gasteiger partial charge in [-0.25, -0.2) is 0 Å². The van der Waals surface area contributed by atoms with Crippen LogP contribution in [0.5, 0.6) is 0 Å². The van der Waals surface area contributed by atoms with Gasteiger partial charge in [-0.05, 0) is 25.0 Å². The molecule has 1 atom stereocenters. The Morgan fingerprint density at radius 3 is 2.62 bits per heavy atom. The number of nitrogens with zero attached hydrogens (tertiary/aromatic N) is 1. The quantitative estimate of drug-likeness (QED) is 0.760. The highest BCUT2D eigenvalue weighted by atomic mass is 32.2. The van der Waals surface area contributed by atoms with E-state index in [1.807, 2.05) is 12.1 Å². The molecule has 1 heterocycles. The molecule has 0 aromatic carbocycles. The van der Waals surface area contributed by atoms with Crippen molar-refractivity contribution >= 4 is 10.8 Å². The second-order valence-electron chi connectivity index (χ2n) is 3.49. The minimum absolute atomic E-state index is 0.187. The average molecular weight is 196 g/mol. The molecule has 2 rings (SSSR count). The van der Waals surface area contributed by atoms with E-state index in [0.717, 1.165) is 23.4 Å². The summed E-state index contributed by atoms with van der Waals surface area (Å²) in [6.07, 6.45) is 5.31. The van der Waals surface area contributed by atoms with Gasteiger partial charge in [0.2, 0.25) is 0 Å². The Hall–Kier alpha value is -0.740. The summed E-state index contributed by atoms with van der Waals surface area (Å²) in [6, 6.07) is 3.72. The molecule has 70 valence electrons. The van der Waals surface area contributed by atoms with E-state index in [-0.39, 0.29) is 5.54 Å². The lowest BCUT2D eigenvalue weighted by Gasteiger charge is -2.07. The van der Waals surface area contributed by atoms with Crippen LogP contribution in [0.25, 0.3) is 0 Å². The van der Waals surface area contributed by atoms with E-state index in [9.17, 15) is 4.21 Å². The van der Waals surface area contributed by atoms with Gasteiger partial charge in [0, 0.05) is 12.5 Å². The first-order valence-electron chi connectivity index (χ1n) is 4.21. The summed E-state index contributed by atoms with van der Waals surface area (Å²) in [5.41, 5.74) is 6.69. The molecule has 0 saturated heterocycles. The molecule has 2 N–H and O–H groups in total. The minimum Gasteiger partial charge on any atom is -0.320 e. The van der Waals surface area contributed by atoms with Crippen molar-refractivity contribution in [2.45, 2.75) is 23.3 Å². The molecule has 1 fully saturated rings. The van der Waals surface area contributed by atoms with Crippen molar-refractivity contribution in [3.05, 3.63) is 24.0 Å². The fourth-order valence-electron chi connectivity index (χ4n) is 1.24. The lowest BCUT2D eigenvalue weighted by molar-refractivity contribution is 0.683. The van der Waals surface area contributed by atoms with Gasteiger partial charge in [0.25, 0.3) is 0 Å². The van der Waals surface area contributed by atoms with E-state index in [4.69, 9.17) is 5.73 Å². The number of aromatic nitrogens is 1. The molecular formula is C9H12N2OS. The molecule has 1 aliphatic carbocycles. The highest BCUT2D eigenvalue weighted by molar-refractivity contribution is 7.84. The Kier molecular flexibility index (Phi) is 1.96. The molecule has 0 radical (unpaired) electrons. The molecule has 0 amide bonds. The van der Waals surface area contributed by atoms with Gasteiger partial charge >= 0.3 is 0 Å². The summed E-state index contributed by atoms with van der Waals surface area (Å²) < 4.78 is 11.1. The predicted octanol–water partition coefficient (Wildman–Crippen LogP) is 0.767. The van der Waals surface area contributed by atoms with Crippen LogP contribution in [0, 0.1) is 0 Å². The highest BCUT2D eigenvalue weighted by Gasteiger charge is 2.41. The van der Waals surface area contributed by atoms with Gasteiger partial charge in [-0.15, -0.1) is 0 Å². The molecule has 3 nitrogen and oxygen atoms in total. The SMILES string of the molecule is CS(=O)c1ccc(C2(N)CC2)nc1. The van der Waals surface area contributed by atoms with Crippen molar-refractivity contribution in [2.24, 2.45) is 5.73 Å². The van der Waals surface area contributed by atoms with E-state index in [2.05, 4.69) is 4.98 Å². The minimum atomic E-state index is -0.947. The van der Waals surface area contributed by atoms with Crippen molar-refractivity contribution in [3.8, 4) is 0 Å². The molecule has 1 aromatic heterocycles. The van der Waals surface area contributed by atoms with Crippen molar-refractivity contribution < 1.29 is 4.21 Å². The van der Waals surface area contributed by atoms with Gasteiger partial charge in [0.1, 0.15) is 0 Å². The highest BCUT2D eigenvalue weighted by Crippen LogP contribution is 2.41. The lowest BCUT2D eigenvalue weighted by Crippen LogP contribution is -2.20. The van der Waals surface area contributed by atoms with E-state index in [1.54, 1.807) is 12.5 Å². The van der Waals surface area contributed by atoms with Gasteiger partial charge in [0.05, 0.1) is 26.9 Å². The van der Waals surface area contributed by atoms with Crippen molar-refractivity contribution in [1.29, 1.82) is 0 Å². The second-order valence-corrected chi connectivity index (χ2v) is 4.87. The molecule has 13 heavy (non-hydrogen) atoms. The third-order valence-corrected chi connectivity index (χ3v) is 3.27. The summed E-state index contributed by atoms with van der Waals surface area (Å²) in [4.78, 5) is 4.97. The first-order chi connectivity index (χ1) is 6.12. The standard InChI is InChI=1S/C9H12N2OS/c1-13(12)7-2-3-8(11-6-7)9(10)4-5-9/h2-3,6H,4-5,10H2,1H3. The third-order valence-electron chi connectivity index (χ3n) is 2.37. The Balaban J connectivity index is 2.28. The Morgan fingerprint density at radius 2 is 2.23 bits per heavy atom. The maximum absolute atomic E-state index is 11.1. The first-order valence-corrected chi connectivity index (χ1v) is 5.76. The number of hydrogen-bond acceptors (Lipinski definition) is 3. The molecule has 1 saturated carbocycles. The molecule has 1 unspecified atom stereocenters. The number of rotatable bonds is 2. The van der Waals surface area contributed by atoms with Gasteiger partial charge in [-0.3, -0.25) is 9.19 Å². The zero-order chi connectivity index (χ0) is 9.47. The summed E-state index contributed by atoms with van der Waals surface area (Å²) in [7, 11) is -0.947. The maximum Gasteiger partial charge on any atom is 0.0603 e. The van der Waals surface area contributed by atoms with Crippen molar-refractivity contribution in [1.82, 2.24) is 4.98 Å². The number of pyridine rings is 1. The van der Waals surface area contributed by atoms with Crippen LogP contribution in [-0.2, 0) is 16.3 Å². The largest absolute Gasteiger partial charge is 0.320 e.